The zero-order valence-corrected chi connectivity index (χ0v) is 33.1. The third-order valence-corrected chi connectivity index (χ3v) is 9.54. The number of esters is 3. The maximum atomic E-state index is 12.6. The zero-order valence-electron chi connectivity index (χ0n) is 33.1. The van der Waals surface area contributed by atoms with Crippen molar-refractivity contribution in [1.82, 2.24) is 0 Å². The molecule has 0 bridgehead atoms. The van der Waals surface area contributed by atoms with Crippen LogP contribution < -0.4 is 0 Å². The summed E-state index contributed by atoms with van der Waals surface area (Å²) in [5.74, 6) is -0.0663. The Labute approximate surface area is 304 Å². The lowest BCUT2D eigenvalue weighted by atomic mass is 10.0. The Kier molecular flexibility index (Phi) is 36.4. The highest BCUT2D eigenvalue weighted by Gasteiger charge is 2.19. The third-order valence-electron chi connectivity index (χ3n) is 9.54. The molecule has 1 atom stereocenters. The Hall–Kier alpha value is -1.59. The summed E-state index contributed by atoms with van der Waals surface area (Å²) in [6, 6.07) is 0. The van der Waals surface area contributed by atoms with Gasteiger partial charge in [-0.15, -0.1) is 0 Å². The Morgan fingerprint density at radius 2 is 0.673 bits per heavy atom. The maximum Gasteiger partial charge on any atom is 0.306 e. The van der Waals surface area contributed by atoms with E-state index < -0.39 is 6.10 Å². The van der Waals surface area contributed by atoms with Gasteiger partial charge in [0.1, 0.15) is 13.2 Å². The van der Waals surface area contributed by atoms with Gasteiger partial charge in [-0.3, -0.25) is 14.4 Å². The van der Waals surface area contributed by atoms with E-state index >= 15 is 0 Å². The SMILES string of the molecule is CCCCCCCCCCCCCC(=O)OC[C@@H](COC(=O)CCCCCCCCCCC(C)C)OC(=O)CCCCCCCCCCC. The minimum atomic E-state index is -0.757. The summed E-state index contributed by atoms with van der Waals surface area (Å²) in [6.07, 6.45) is 35.2. The highest BCUT2D eigenvalue weighted by molar-refractivity contribution is 5.71. The molecule has 49 heavy (non-hydrogen) atoms. The van der Waals surface area contributed by atoms with Crippen LogP contribution in [0.1, 0.15) is 233 Å². The van der Waals surface area contributed by atoms with Gasteiger partial charge >= 0.3 is 17.9 Å². The largest absolute Gasteiger partial charge is 0.462 e. The molecule has 0 heterocycles. The molecule has 0 aliphatic rings. The molecule has 0 saturated carbocycles. The molecule has 0 unspecified atom stereocenters. The molecule has 0 amide bonds. The van der Waals surface area contributed by atoms with Gasteiger partial charge in [-0.2, -0.15) is 0 Å². The summed E-state index contributed by atoms with van der Waals surface area (Å²) in [6.45, 7) is 8.92. The van der Waals surface area contributed by atoms with Gasteiger partial charge in [0, 0.05) is 19.3 Å². The fraction of sp³-hybridized carbons (Fsp3) is 0.930. The summed E-state index contributed by atoms with van der Waals surface area (Å²) in [7, 11) is 0. The number of ether oxygens (including phenoxy) is 3. The second-order valence-corrected chi connectivity index (χ2v) is 15.1. The average Bonchev–Trinajstić information content (AvgIpc) is 3.08. The molecule has 0 aromatic rings. The van der Waals surface area contributed by atoms with Crippen LogP contribution in [0.15, 0.2) is 0 Å². The molecule has 0 aromatic carbocycles. The van der Waals surface area contributed by atoms with Crippen molar-refractivity contribution < 1.29 is 28.6 Å². The van der Waals surface area contributed by atoms with Gasteiger partial charge in [0.05, 0.1) is 0 Å². The minimum Gasteiger partial charge on any atom is -0.462 e. The van der Waals surface area contributed by atoms with Crippen LogP contribution in [-0.4, -0.2) is 37.2 Å². The van der Waals surface area contributed by atoms with Crippen LogP contribution >= 0.6 is 0 Å². The quantitative estimate of drug-likeness (QED) is 0.0364. The molecular weight excluding hydrogens is 612 g/mol. The van der Waals surface area contributed by atoms with E-state index in [4.69, 9.17) is 14.2 Å². The second-order valence-electron chi connectivity index (χ2n) is 15.1. The van der Waals surface area contributed by atoms with Crippen LogP contribution in [0, 0.1) is 5.92 Å². The van der Waals surface area contributed by atoms with Crippen molar-refractivity contribution in [3.63, 3.8) is 0 Å². The molecule has 0 N–H and O–H groups in total. The van der Waals surface area contributed by atoms with E-state index in [1.54, 1.807) is 0 Å². The standard InChI is InChI=1S/C43H82O6/c1-5-7-9-11-13-15-16-18-22-26-30-34-41(44)47-37-40(49-43(46)36-32-28-24-17-14-12-10-8-6-2)38-48-42(45)35-31-27-23-20-19-21-25-29-33-39(3)4/h39-40H,5-38H2,1-4H3/t40-/m0/s1. The van der Waals surface area contributed by atoms with Crippen LogP contribution in [-0.2, 0) is 28.6 Å². The van der Waals surface area contributed by atoms with Crippen molar-refractivity contribution in [1.29, 1.82) is 0 Å². The number of carbonyl (C=O) groups excluding carboxylic acids is 3. The normalized spacial score (nSPS) is 11.9. The second kappa shape index (κ2) is 37.7. The van der Waals surface area contributed by atoms with E-state index in [9.17, 15) is 14.4 Å². The first-order valence-corrected chi connectivity index (χ1v) is 21.4. The van der Waals surface area contributed by atoms with Gasteiger partial charge in [-0.05, 0) is 25.2 Å². The van der Waals surface area contributed by atoms with Gasteiger partial charge in [-0.1, -0.05) is 195 Å². The predicted octanol–water partition coefficient (Wildman–Crippen LogP) is 13.2. The molecule has 290 valence electrons. The minimum absolute atomic E-state index is 0.0647. The molecule has 0 aromatic heterocycles. The van der Waals surface area contributed by atoms with E-state index in [1.165, 1.54) is 128 Å². The van der Waals surface area contributed by atoms with Crippen LogP contribution in [0.2, 0.25) is 0 Å². The predicted molar refractivity (Wildman–Crippen MR) is 206 cm³/mol. The van der Waals surface area contributed by atoms with E-state index in [1.807, 2.05) is 0 Å². The van der Waals surface area contributed by atoms with Crippen molar-refractivity contribution in [3.05, 3.63) is 0 Å². The molecule has 0 radical (unpaired) electrons. The first-order chi connectivity index (χ1) is 23.9. The Morgan fingerprint density at radius 3 is 1.00 bits per heavy atom. The van der Waals surface area contributed by atoms with E-state index in [0.29, 0.717) is 19.3 Å². The van der Waals surface area contributed by atoms with E-state index in [2.05, 4.69) is 27.7 Å². The summed E-state index contributed by atoms with van der Waals surface area (Å²) < 4.78 is 16.6. The van der Waals surface area contributed by atoms with Crippen LogP contribution in [0.5, 0.6) is 0 Å². The van der Waals surface area contributed by atoms with Crippen molar-refractivity contribution in [2.24, 2.45) is 5.92 Å². The van der Waals surface area contributed by atoms with Crippen molar-refractivity contribution in [3.8, 4) is 0 Å². The zero-order chi connectivity index (χ0) is 36.0. The van der Waals surface area contributed by atoms with Gasteiger partial charge in [0.2, 0.25) is 0 Å². The van der Waals surface area contributed by atoms with Crippen molar-refractivity contribution in [2.75, 3.05) is 13.2 Å². The fourth-order valence-corrected chi connectivity index (χ4v) is 6.27. The van der Waals surface area contributed by atoms with Crippen molar-refractivity contribution >= 4 is 17.9 Å². The summed E-state index contributed by atoms with van der Waals surface area (Å²) >= 11 is 0. The molecule has 0 rings (SSSR count). The van der Waals surface area contributed by atoms with Crippen LogP contribution in [0.3, 0.4) is 0 Å². The molecule has 0 aliphatic heterocycles. The summed E-state index contributed by atoms with van der Waals surface area (Å²) in [5, 5.41) is 0. The first-order valence-electron chi connectivity index (χ1n) is 21.4. The van der Waals surface area contributed by atoms with Crippen LogP contribution in [0.25, 0.3) is 0 Å². The molecule has 0 fully saturated rings. The lowest BCUT2D eigenvalue weighted by molar-refractivity contribution is -0.167. The Bertz CT molecular complexity index is 736. The highest BCUT2D eigenvalue weighted by Crippen LogP contribution is 2.15. The third kappa shape index (κ3) is 37.5. The first kappa shape index (κ1) is 47.4. The number of rotatable bonds is 38. The van der Waals surface area contributed by atoms with Gasteiger partial charge in [0.15, 0.2) is 6.10 Å². The number of unbranched alkanes of at least 4 members (excludes halogenated alkanes) is 25. The lowest BCUT2D eigenvalue weighted by Crippen LogP contribution is -2.30. The summed E-state index contributed by atoms with van der Waals surface area (Å²) in [4.78, 5) is 37.5. The Balaban J connectivity index is 4.33. The fourth-order valence-electron chi connectivity index (χ4n) is 6.27. The molecule has 0 spiro atoms. The molecule has 0 aliphatic carbocycles. The van der Waals surface area contributed by atoms with E-state index in [-0.39, 0.29) is 31.1 Å². The van der Waals surface area contributed by atoms with Crippen LogP contribution in [0.4, 0.5) is 0 Å². The van der Waals surface area contributed by atoms with Gasteiger partial charge in [0.25, 0.3) is 0 Å². The highest BCUT2D eigenvalue weighted by atomic mass is 16.6. The van der Waals surface area contributed by atoms with Gasteiger partial charge in [-0.25, -0.2) is 0 Å². The smallest absolute Gasteiger partial charge is 0.306 e. The number of carbonyl (C=O) groups is 3. The monoisotopic (exact) mass is 695 g/mol. The van der Waals surface area contributed by atoms with Crippen molar-refractivity contribution in [2.45, 2.75) is 239 Å². The topological polar surface area (TPSA) is 78.9 Å². The molecule has 6 heteroatoms. The van der Waals surface area contributed by atoms with E-state index in [0.717, 1.165) is 63.7 Å². The average molecular weight is 695 g/mol. The molecule has 0 saturated heterocycles. The van der Waals surface area contributed by atoms with Gasteiger partial charge < -0.3 is 14.2 Å². The Morgan fingerprint density at radius 1 is 0.388 bits per heavy atom. The molecular formula is C43H82O6. The number of hydrogen-bond acceptors (Lipinski definition) is 6. The summed E-state index contributed by atoms with van der Waals surface area (Å²) in [5.41, 5.74) is 0. The maximum absolute atomic E-state index is 12.6. The lowest BCUT2D eigenvalue weighted by Gasteiger charge is -2.18. The molecule has 6 nitrogen and oxygen atoms in total. The number of hydrogen-bond donors (Lipinski definition) is 0.